The summed E-state index contributed by atoms with van der Waals surface area (Å²) in [6, 6.07) is 7.33. The zero-order valence-electron chi connectivity index (χ0n) is 13.4. The van der Waals surface area contributed by atoms with Crippen LogP contribution >= 0.6 is 0 Å². The van der Waals surface area contributed by atoms with Crippen LogP contribution in [0.15, 0.2) is 43.1 Å². The third-order valence-corrected chi connectivity index (χ3v) is 5.30. The van der Waals surface area contributed by atoms with Crippen LogP contribution in [0.25, 0.3) is 16.9 Å². The first-order valence-electron chi connectivity index (χ1n) is 7.55. The molecule has 0 aliphatic heterocycles. The van der Waals surface area contributed by atoms with Gasteiger partial charge in [0.05, 0.1) is 0 Å². The van der Waals surface area contributed by atoms with Gasteiger partial charge < -0.3 is 9.30 Å². The molecule has 116 valence electrons. The second kappa shape index (κ2) is 6.06. The molecule has 6 heteroatoms. The molecule has 0 spiro atoms. The number of hydrogen-bond donors (Lipinski definition) is 0. The van der Waals surface area contributed by atoms with Crippen LogP contribution < -0.4 is 0 Å². The lowest BCUT2D eigenvalue weighted by molar-refractivity contribution is 0.0899. The molecule has 0 fully saturated rings. The average Bonchev–Trinajstić information content (AvgIpc) is 3.12. The van der Waals surface area contributed by atoms with E-state index in [9.17, 15) is 0 Å². The van der Waals surface area contributed by atoms with Crippen LogP contribution in [-0.4, -0.2) is 33.8 Å². The zero-order chi connectivity index (χ0) is 15.6. The van der Waals surface area contributed by atoms with Crippen molar-refractivity contribution in [2.75, 3.05) is 6.61 Å². The van der Waals surface area contributed by atoms with Gasteiger partial charge in [0.2, 0.25) is 0 Å². The molecular weight excluding hydrogens is 292 g/mol. The van der Waals surface area contributed by atoms with Crippen LogP contribution in [0.4, 0.5) is 0 Å². The Kier molecular flexibility index (Phi) is 4.13. The van der Waals surface area contributed by atoms with Crippen molar-refractivity contribution in [1.29, 1.82) is 0 Å². The van der Waals surface area contributed by atoms with E-state index in [2.05, 4.69) is 41.3 Å². The maximum atomic E-state index is 5.83. The maximum Gasteiger partial charge on any atom is 0.144 e. The number of imidazole rings is 1. The lowest BCUT2D eigenvalue weighted by Crippen LogP contribution is -2.22. The number of ether oxygens (including phenoxy) is 1. The van der Waals surface area contributed by atoms with Gasteiger partial charge >= 0.3 is 0 Å². The van der Waals surface area contributed by atoms with E-state index >= 15 is 0 Å². The van der Waals surface area contributed by atoms with Crippen LogP contribution in [0.3, 0.4) is 0 Å². The maximum absolute atomic E-state index is 5.83. The Hall–Kier alpha value is -1.92. The number of nitrogens with zero attached hydrogens (tertiary/aromatic N) is 4. The highest BCUT2D eigenvalue weighted by Gasteiger charge is 2.12. The predicted octanol–water partition coefficient (Wildman–Crippen LogP) is 3.53. The van der Waals surface area contributed by atoms with E-state index in [4.69, 9.17) is 9.72 Å². The smallest absolute Gasteiger partial charge is 0.144 e. The molecule has 5 nitrogen and oxygen atoms in total. The first-order chi connectivity index (χ1) is 10.5. The van der Waals surface area contributed by atoms with E-state index in [-0.39, 0.29) is 0 Å². The molecule has 0 aliphatic rings. The molecule has 0 saturated carbocycles. The number of pyridine rings is 1. The first-order valence-corrected chi connectivity index (χ1v) is 11.3. The highest BCUT2D eigenvalue weighted by Crippen LogP contribution is 2.16. The topological polar surface area (TPSA) is 44.9 Å². The minimum absolute atomic E-state index is 0.550. The molecule has 3 rings (SSSR count). The van der Waals surface area contributed by atoms with E-state index < -0.39 is 8.07 Å². The molecule has 0 amide bonds. The van der Waals surface area contributed by atoms with E-state index in [0.717, 1.165) is 23.5 Å². The van der Waals surface area contributed by atoms with E-state index in [1.54, 1.807) is 12.5 Å². The molecule has 0 radical (unpaired) electrons. The Morgan fingerprint density at radius 3 is 2.73 bits per heavy atom. The number of fused-ring (bicyclic) bond motifs is 1. The number of aromatic nitrogens is 4. The Bertz CT molecular complexity index is 743. The molecule has 0 saturated heterocycles. The molecule has 0 bridgehead atoms. The van der Waals surface area contributed by atoms with Gasteiger partial charge in [-0.2, -0.15) is 0 Å². The average molecular weight is 314 g/mol. The fourth-order valence-corrected chi connectivity index (χ4v) is 2.99. The fraction of sp³-hybridized carbons (Fsp3) is 0.375. The summed E-state index contributed by atoms with van der Waals surface area (Å²) in [5.41, 5.74) is 0.944. The minimum atomic E-state index is -1.04. The van der Waals surface area contributed by atoms with Crippen molar-refractivity contribution in [3.8, 4) is 5.82 Å². The summed E-state index contributed by atoms with van der Waals surface area (Å²) in [5.74, 6) is 0.868. The van der Waals surface area contributed by atoms with Gasteiger partial charge in [-0.3, -0.25) is 4.57 Å². The summed E-state index contributed by atoms with van der Waals surface area (Å²) < 4.78 is 9.79. The van der Waals surface area contributed by atoms with Crippen molar-refractivity contribution >= 4 is 19.1 Å². The number of hydrogen-bond acceptors (Lipinski definition) is 3. The fourth-order valence-electron chi connectivity index (χ4n) is 2.23. The third-order valence-electron chi connectivity index (χ3n) is 3.59. The van der Waals surface area contributed by atoms with E-state index in [1.165, 1.54) is 6.04 Å². The van der Waals surface area contributed by atoms with Crippen molar-refractivity contribution < 1.29 is 4.74 Å². The summed E-state index contributed by atoms with van der Waals surface area (Å²) in [5, 5.41) is 1.12. The van der Waals surface area contributed by atoms with Gasteiger partial charge in [0.1, 0.15) is 24.5 Å². The Balaban J connectivity index is 1.74. The molecule has 0 atom stereocenters. The molecule has 3 aromatic rings. The summed E-state index contributed by atoms with van der Waals surface area (Å²) in [7, 11) is -1.04. The Morgan fingerprint density at radius 1 is 1.14 bits per heavy atom. The van der Waals surface area contributed by atoms with E-state index in [1.807, 2.05) is 23.0 Å². The Morgan fingerprint density at radius 2 is 2.00 bits per heavy atom. The van der Waals surface area contributed by atoms with Crippen molar-refractivity contribution in [1.82, 2.24) is 19.1 Å². The van der Waals surface area contributed by atoms with E-state index in [0.29, 0.717) is 6.73 Å². The summed E-state index contributed by atoms with van der Waals surface area (Å²) in [4.78, 5) is 8.79. The molecule has 0 N–H and O–H groups in total. The molecule has 0 aromatic carbocycles. The van der Waals surface area contributed by atoms with Crippen LogP contribution in [0, 0.1) is 0 Å². The lowest BCUT2D eigenvalue weighted by atomic mass is 10.3. The van der Waals surface area contributed by atoms with Crippen LogP contribution in [0.5, 0.6) is 0 Å². The van der Waals surface area contributed by atoms with Crippen molar-refractivity contribution in [3.05, 3.63) is 43.1 Å². The third kappa shape index (κ3) is 3.45. The molecule has 3 heterocycles. The van der Waals surface area contributed by atoms with Crippen molar-refractivity contribution in [3.63, 3.8) is 0 Å². The standard InChI is InChI=1S/C16H22N4OSi/c1-22(2,3)11-10-21-13-20-8-6-14-4-5-15(18-16(14)20)19-9-7-17-12-19/h4-9,12H,10-11,13H2,1-3H3. The first kappa shape index (κ1) is 15.0. The van der Waals surface area contributed by atoms with Gasteiger partial charge in [-0.05, 0) is 24.2 Å². The summed E-state index contributed by atoms with van der Waals surface area (Å²) >= 11 is 0. The molecule has 0 unspecified atom stereocenters. The van der Waals surface area contributed by atoms with Gasteiger partial charge in [0, 0.05) is 38.7 Å². The SMILES string of the molecule is C[Si](C)(C)CCOCn1ccc2ccc(-n3ccnc3)nc21. The zero-order valence-corrected chi connectivity index (χ0v) is 14.4. The van der Waals surface area contributed by atoms with Crippen LogP contribution in [0.2, 0.25) is 25.7 Å². The quantitative estimate of drug-likeness (QED) is 0.516. The van der Waals surface area contributed by atoms with Crippen molar-refractivity contribution in [2.24, 2.45) is 0 Å². The van der Waals surface area contributed by atoms with Gasteiger partial charge in [0.25, 0.3) is 0 Å². The van der Waals surface area contributed by atoms with Gasteiger partial charge in [-0.15, -0.1) is 0 Å². The van der Waals surface area contributed by atoms with Gasteiger partial charge in [-0.1, -0.05) is 19.6 Å². The molecule has 3 aromatic heterocycles. The van der Waals surface area contributed by atoms with Crippen molar-refractivity contribution in [2.45, 2.75) is 32.4 Å². The minimum Gasteiger partial charge on any atom is -0.361 e. The molecular formula is C16H22N4OSi. The lowest BCUT2D eigenvalue weighted by Gasteiger charge is -2.15. The second-order valence-electron chi connectivity index (χ2n) is 6.69. The normalized spacial score (nSPS) is 12.1. The number of rotatable bonds is 6. The largest absolute Gasteiger partial charge is 0.361 e. The monoisotopic (exact) mass is 314 g/mol. The van der Waals surface area contributed by atoms with Gasteiger partial charge in [0.15, 0.2) is 0 Å². The van der Waals surface area contributed by atoms with Crippen LogP contribution in [0.1, 0.15) is 0 Å². The predicted molar refractivity (Wildman–Crippen MR) is 91.0 cm³/mol. The Labute approximate surface area is 131 Å². The molecule has 0 aliphatic carbocycles. The highest BCUT2D eigenvalue weighted by molar-refractivity contribution is 6.76. The van der Waals surface area contributed by atoms with Crippen LogP contribution in [-0.2, 0) is 11.5 Å². The van der Waals surface area contributed by atoms with Gasteiger partial charge in [-0.25, -0.2) is 9.97 Å². The summed E-state index contributed by atoms with van der Waals surface area (Å²) in [6.07, 6.45) is 7.44. The second-order valence-corrected chi connectivity index (χ2v) is 12.3. The summed E-state index contributed by atoms with van der Waals surface area (Å²) in [6.45, 7) is 8.45. The molecule has 22 heavy (non-hydrogen) atoms. The highest BCUT2D eigenvalue weighted by atomic mass is 28.3.